The maximum Gasteiger partial charge on any atom is 0.133 e. The third-order valence-electron chi connectivity index (χ3n) is 4.59. The summed E-state index contributed by atoms with van der Waals surface area (Å²) >= 11 is 0. The number of rotatable bonds is 3. The number of aromatic nitrogens is 2. The second kappa shape index (κ2) is 5.23. The molecule has 108 valence electrons. The Labute approximate surface area is 125 Å². The van der Waals surface area contributed by atoms with Gasteiger partial charge >= 0.3 is 0 Å². The number of aryl methyl sites for hydroxylation is 1. The average Bonchev–Trinajstić information content (AvgIpc) is 3.33. The van der Waals surface area contributed by atoms with Crippen molar-refractivity contribution in [1.82, 2.24) is 15.3 Å². The minimum atomic E-state index is 0.692. The van der Waals surface area contributed by atoms with Gasteiger partial charge in [0.05, 0.1) is 11.4 Å². The molecule has 1 saturated carbocycles. The second-order valence-electron chi connectivity index (χ2n) is 6.25. The number of nitrogens with zero attached hydrogens (tertiary/aromatic N) is 2. The molecule has 1 aromatic carbocycles. The molecular formula is C18H21N3. The number of hydrogen-bond donors (Lipinski definition) is 1. The lowest BCUT2D eigenvalue weighted by Crippen LogP contribution is -2.27. The smallest absolute Gasteiger partial charge is 0.133 e. The summed E-state index contributed by atoms with van der Waals surface area (Å²) in [6.45, 7) is 4.16. The van der Waals surface area contributed by atoms with Crippen LogP contribution < -0.4 is 5.32 Å². The second-order valence-corrected chi connectivity index (χ2v) is 6.25. The summed E-state index contributed by atoms with van der Waals surface area (Å²) in [4.78, 5) is 9.80. The van der Waals surface area contributed by atoms with Crippen LogP contribution in [0, 0.1) is 6.92 Å². The van der Waals surface area contributed by atoms with E-state index in [4.69, 9.17) is 9.97 Å². The minimum absolute atomic E-state index is 0.692. The lowest BCUT2D eigenvalue weighted by Gasteiger charge is -2.20. The maximum absolute atomic E-state index is 4.93. The summed E-state index contributed by atoms with van der Waals surface area (Å²) in [5.74, 6) is 1.70. The summed E-state index contributed by atoms with van der Waals surface area (Å²) < 4.78 is 0. The number of fused-ring (bicyclic) bond motifs is 1. The van der Waals surface area contributed by atoms with E-state index < -0.39 is 0 Å². The van der Waals surface area contributed by atoms with E-state index in [-0.39, 0.29) is 0 Å². The molecule has 21 heavy (non-hydrogen) atoms. The minimum Gasteiger partial charge on any atom is -0.312 e. The summed E-state index contributed by atoms with van der Waals surface area (Å²) in [6.07, 6.45) is 4.49. The molecule has 2 aliphatic rings. The highest BCUT2D eigenvalue weighted by Crippen LogP contribution is 2.41. The lowest BCUT2D eigenvalue weighted by atomic mass is 10.0. The van der Waals surface area contributed by atoms with Crippen LogP contribution in [0.1, 0.15) is 52.7 Å². The fourth-order valence-corrected chi connectivity index (χ4v) is 3.17. The summed E-state index contributed by atoms with van der Waals surface area (Å²) in [5.41, 5.74) is 6.67. The Hall–Kier alpha value is -1.74. The zero-order valence-electron chi connectivity index (χ0n) is 12.5. The fraction of sp³-hybridized carbons (Fsp3) is 0.444. The van der Waals surface area contributed by atoms with E-state index in [0.29, 0.717) is 5.92 Å². The fourth-order valence-electron chi connectivity index (χ4n) is 3.17. The highest BCUT2D eigenvalue weighted by atomic mass is 15.0. The van der Waals surface area contributed by atoms with Gasteiger partial charge in [-0.05, 0) is 30.9 Å². The quantitative estimate of drug-likeness (QED) is 0.938. The van der Waals surface area contributed by atoms with E-state index in [0.717, 1.165) is 31.8 Å². The molecule has 1 aliphatic heterocycles. The van der Waals surface area contributed by atoms with E-state index in [1.165, 1.54) is 40.9 Å². The molecule has 0 radical (unpaired) electrons. The van der Waals surface area contributed by atoms with Gasteiger partial charge in [0.25, 0.3) is 0 Å². The van der Waals surface area contributed by atoms with Gasteiger partial charge in [-0.2, -0.15) is 0 Å². The van der Waals surface area contributed by atoms with Crippen LogP contribution in [0.2, 0.25) is 0 Å². The van der Waals surface area contributed by atoms with Crippen molar-refractivity contribution in [2.24, 2.45) is 0 Å². The molecule has 0 amide bonds. The van der Waals surface area contributed by atoms with Crippen LogP contribution in [-0.2, 0) is 19.4 Å². The first-order chi connectivity index (χ1) is 10.3. The van der Waals surface area contributed by atoms with E-state index >= 15 is 0 Å². The zero-order chi connectivity index (χ0) is 14.2. The third kappa shape index (κ3) is 2.58. The van der Waals surface area contributed by atoms with Gasteiger partial charge in [0.2, 0.25) is 0 Å². The summed E-state index contributed by atoms with van der Waals surface area (Å²) in [6, 6.07) is 8.55. The predicted octanol–water partition coefficient (Wildman–Crippen LogP) is 2.90. The molecule has 2 heterocycles. The van der Waals surface area contributed by atoms with Crippen LogP contribution in [0.5, 0.6) is 0 Å². The Morgan fingerprint density at radius 3 is 2.86 bits per heavy atom. The standard InChI is InChI=1S/C18H21N3/c1-12-4-2-3-5-14(12)10-17-20-16-8-9-19-11-15(16)18(21-17)13-6-7-13/h2-5,13,19H,6-11H2,1H3. The first kappa shape index (κ1) is 13.0. The molecule has 0 unspecified atom stereocenters. The first-order valence-corrected chi connectivity index (χ1v) is 7.95. The normalized spacial score (nSPS) is 17.6. The van der Waals surface area contributed by atoms with Crippen molar-refractivity contribution >= 4 is 0 Å². The van der Waals surface area contributed by atoms with Crippen LogP contribution in [0.3, 0.4) is 0 Å². The average molecular weight is 279 g/mol. The largest absolute Gasteiger partial charge is 0.312 e. The molecule has 0 atom stereocenters. The van der Waals surface area contributed by atoms with E-state index in [1.807, 2.05) is 0 Å². The van der Waals surface area contributed by atoms with Gasteiger partial charge in [0.1, 0.15) is 5.82 Å². The van der Waals surface area contributed by atoms with Gasteiger partial charge in [-0.1, -0.05) is 24.3 Å². The first-order valence-electron chi connectivity index (χ1n) is 7.95. The summed E-state index contributed by atoms with van der Waals surface area (Å²) in [7, 11) is 0. The van der Waals surface area contributed by atoms with Crippen LogP contribution in [0.15, 0.2) is 24.3 Å². The molecular weight excluding hydrogens is 258 g/mol. The van der Waals surface area contributed by atoms with E-state index in [1.54, 1.807) is 0 Å². The Kier molecular flexibility index (Phi) is 3.23. The van der Waals surface area contributed by atoms with Gasteiger partial charge in [0.15, 0.2) is 0 Å². The topological polar surface area (TPSA) is 37.8 Å². The highest BCUT2D eigenvalue weighted by Gasteiger charge is 2.30. The Bertz CT molecular complexity index is 674. The Morgan fingerprint density at radius 2 is 2.05 bits per heavy atom. The SMILES string of the molecule is Cc1ccccc1Cc1nc2c(c(C3CC3)n1)CNCC2. The summed E-state index contributed by atoms with van der Waals surface area (Å²) in [5, 5.41) is 3.46. The van der Waals surface area contributed by atoms with Crippen molar-refractivity contribution in [1.29, 1.82) is 0 Å². The number of benzene rings is 1. The molecule has 3 nitrogen and oxygen atoms in total. The van der Waals surface area contributed by atoms with Crippen molar-refractivity contribution in [2.75, 3.05) is 6.54 Å². The van der Waals surface area contributed by atoms with Gasteiger partial charge in [-0.25, -0.2) is 9.97 Å². The molecule has 4 rings (SSSR count). The van der Waals surface area contributed by atoms with E-state index in [9.17, 15) is 0 Å². The van der Waals surface area contributed by atoms with Gasteiger partial charge in [-0.15, -0.1) is 0 Å². The van der Waals surface area contributed by atoms with Gasteiger partial charge < -0.3 is 5.32 Å². The van der Waals surface area contributed by atoms with Gasteiger partial charge in [-0.3, -0.25) is 0 Å². The molecule has 1 N–H and O–H groups in total. The number of hydrogen-bond acceptors (Lipinski definition) is 3. The van der Waals surface area contributed by atoms with Crippen molar-refractivity contribution in [3.05, 3.63) is 58.2 Å². The Balaban J connectivity index is 1.72. The molecule has 0 spiro atoms. The van der Waals surface area contributed by atoms with Gasteiger partial charge in [0, 0.05) is 37.4 Å². The van der Waals surface area contributed by atoms with Crippen LogP contribution >= 0.6 is 0 Å². The molecule has 1 aliphatic carbocycles. The lowest BCUT2D eigenvalue weighted by molar-refractivity contribution is 0.610. The monoisotopic (exact) mass is 279 g/mol. The molecule has 3 heteroatoms. The van der Waals surface area contributed by atoms with Crippen LogP contribution in [0.25, 0.3) is 0 Å². The molecule has 0 saturated heterocycles. The highest BCUT2D eigenvalue weighted by molar-refractivity contribution is 5.35. The van der Waals surface area contributed by atoms with E-state index in [2.05, 4.69) is 36.5 Å². The molecule has 1 aromatic heterocycles. The van der Waals surface area contributed by atoms with Crippen molar-refractivity contribution in [3.8, 4) is 0 Å². The van der Waals surface area contributed by atoms with Crippen LogP contribution in [0.4, 0.5) is 0 Å². The molecule has 1 fully saturated rings. The van der Waals surface area contributed by atoms with Crippen molar-refractivity contribution in [2.45, 2.75) is 45.1 Å². The Morgan fingerprint density at radius 1 is 1.19 bits per heavy atom. The predicted molar refractivity (Wildman–Crippen MR) is 83.4 cm³/mol. The van der Waals surface area contributed by atoms with Crippen LogP contribution in [-0.4, -0.2) is 16.5 Å². The maximum atomic E-state index is 4.93. The van der Waals surface area contributed by atoms with Crippen molar-refractivity contribution < 1.29 is 0 Å². The molecule has 2 aromatic rings. The van der Waals surface area contributed by atoms with Crippen molar-refractivity contribution in [3.63, 3.8) is 0 Å². The number of nitrogens with one attached hydrogen (secondary N) is 1. The zero-order valence-corrected chi connectivity index (χ0v) is 12.5. The molecule has 0 bridgehead atoms. The third-order valence-corrected chi connectivity index (χ3v) is 4.59.